The summed E-state index contributed by atoms with van der Waals surface area (Å²) >= 11 is 1.39. The van der Waals surface area contributed by atoms with Crippen LogP contribution in [0.3, 0.4) is 0 Å². The molecule has 0 unspecified atom stereocenters. The van der Waals surface area contributed by atoms with Gasteiger partial charge in [0.2, 0.25) is 0 Å². The van der Waals surface area contributed by atoms with E-state index in [9.17, 15) is 4.79 Å². The Morgan fingerprint density at radius 1 is 1.10 bits per heavy atom. The highest BCUT2D eigenvalue weighted by Crippen LogP contribution is 2.40. The molecule has 0 atom stereocenters. The molecule has 0 bridgehead atoms. The number of nitrogens with zero attached hydrogens (tertiary/aromatic N) is 4. The van der Waals surface area contributed by atoms with Crippen molar-refractivity contribution in [1.82, 2.24) is 14.8 Å². The lowest BCUT2D eigenvalue weighted by molar-refractivity contribution is 0.0979. The van der Waals surface area contributed by atoms with Gasteiger partial charge in [0.1, 0.15) is 21.7 Å². The van der Waals surface area contributed by atoms with E-state index in [2.05, 4.69) is 5.10 Å². The van der Waals surface area contributed by atoms with Crippen LogP contribution in [0.2, 0.25) is 0 Å². The van der Waals surface area contributed by atoms with Crippen molar-refractivity contribution >= 4 is 32.6 Å². The van der Waals surface area contributed by atoms with Crippen molar-refractivity contribution in [3.63, 3.8) is 0 Å². The molecule has 2 heterocycles. The minimum atomic E-state index is -0.209. The average Bonchev–Trinajstić information content (AvgIpc) is 3.35. The monoisotopic (exact) mass is 422 g/mol. The molecule has 0 saturated carbocycles. The summed E-state index contributed by atoms with van der Waals surface area (Å²) in [5.74, 6) is 1.11. The number of hydrogen-bond donors (Lipinski definition) is 0. The zero-order chi connectivity index (χ0) is 21.3. The van der Waals surface area contributed by atoms with Crippen molar-refractivity contribution in [3.05, 3.63) is 65.5 Å². The maximum atomic E-state index is 13.5. The molecule has 8 heteroatoms. The first-order chi connectivity index (χ1) is 14.5. The average molecular weight is 423 g/mol. The van der Waals surface area contributed by atoms with E-state index >= 15 is 0 Å². The first-order valence-corrected chi connectivity index (χ1v) is 10.2. The molecule has 30 heavy (non-hydrogen) atoms. The van der Waals surface area contributed by atoms with Crippen molar-refractivity contribution in [2.75, 3.05) is 19.1 Å². The predicted molar refractivity (Wildman–Crippen MR) is 118 cm³/mol. The van der Waals surface area contributed by atoms with Gasteiger partial charge in [0, 0.05) is 12.7 Å². The zero-order valence-corrected chi connectivity index (χ0v) is 18.1. The maximum absolute atomic E-state index is 13.5. The van der Waals surface area contributed by atoms with E-state index in [0.29, 0.717) is 34.4 Å². The molecular formula is C22H22N4O3S. The standard InChI is InChI=1S/C22H22N4O3S/c1-14-12-16(24-25(14)2)21(27)26(13-15-8-6-5-7-9-15)22-23-19-17(28-3)10-11-18(29-4)20(19)30-22/h5-12H,13H2,1-4H3. The number of benzene rings is 2. The van der Waals surface area contributed by atoms with Crippen LogP contribution < -0.4 is 14.4 Å². The van der Waals surface area contributed by atoms with Crippen molar-refractivity contribution in [2.24, 2.45) is 7.05 Å². The summed E-state index contributed by atoms with van der Waals surface area (Å²) < 4.78 is 13.5. The van der Waals surface area contributed by atoms with Crippen molar-refractivity contribution < 1.29 is 14.3 Å². The second kappa shape index (κ2) is 8.16. The minimum absolute atomic E-state index is 0.209. The van der Waals surface area contributed by atoms with Crippen LogP contribution in [-0.4, -0.2) is 34.9 Å². The highest BCUT2D eigenvalue weighted by atomic mass is 32.1. The number of carbonyl (C=O) groups is 1. The molecule has 0 aliphatic rings. The fourth-order valence-electron chi connectivity index (χ4n) is 3.19. The van der Waals surface area contributed by atoms with E-state index in [0.717, 1.165) is 16.0 Å². The smallest absolute Gasteiger partial charge is 0.280 e. The molecule has 4 rings (SSSR count). The van der Waals surface area contributed by atoms with Gasteiger partial charge in [0.15, 0.2) is 10.8 Å². The summed E-state index contributed by atoms with van der Waals surface area (Å²) in [5.41, 5.74) is 2.95. The first kappa shape index (κ1) is 19.9. The summed E-state index contributed by atoms with van der Waals surface area (Å²) in [6.45, 7) is 2.29. The number of fused-ring (bicyclic) bond motifs is 1. The normalized spacial score (nSPS) is 10.9. The SMILES string of the molecule is COc1ccc(OC)c2sc(N(Cc3ccccc3)C(=O)c3cc(C)n(C)n3)nc12. The molecule has 154 valence electrons. The summed E-state index contributed by atoms with van der Waals surface area (Å²) in [5, 5.41) is 4.93. The number of rotatable bonds is 6. The number of anilines is 1. The summed E-state index contributed by atoms with van der Waals surface area (Å²) in [7, 11) is 5.04. The largest absolute Gasteiger partial charge is 0.495 e. The van der Waals surface area contributed by atoms with E-state index in [1.54, 1.807) is 29.9 Å². The van der Waals surface area contributed by atoms with Gasteiger partial charge in [-0.15, -0.1) is 0 Å². The number of hydrogen-bond acceptors (Lipinski definition) is 6. The molecule has 0 N–H and O–H groups in total. The number of methoxy groups -OCH3 is 2. The van der Waals surface area contributed by atoms with Crippen LogP contribution in [0.15, 0.2) is 48.5 Å². The molecule has 4 aromatic rings. The second-order valence-corrected chi connectivity index (χ2v) is 7.79. The highest BCUT2D eigenvalue weighted by molar-refractivity contribution is 7.22. The molecule has 0 aliphatic carbocycles. The lowest BCUT2D eigenvalue weighted by atomic mass is 10.2. The third kappa shape index (κ3) is 3.61. The van der Waals surface area contributed by atoms with E-state index < -0.39 is 0 Å². The number of thiazole rings is 1. The van der Waals surface area contributed by atoms with E-state index in [-0.39, 0.29) is 5.91 Å². The van der Waals surface area contributed by atoms with Gasteiger partial charge in [-0.3, -0.25) is 14.4 Å². The van der Waals surface area contributed by atoms with Gasteiger partial charge in [-0.1, -0.05) is 41.7 Å². The van der Waals surface area contributed by atoms with Crippen molar-refractivity contribution in [2.45, 2.75) is 13.5 Å². The van der Waals surface area contributed by atoms with Gasteiger partial charge in [0.05, 0.1) is 20.8 Å². The minimum Gasteiger partial charge on any atom is -0.495 e. The van der Waals surface area contributed by atoms with Gasteiger partial charge < -0.3 is 9.47 Å². The Morgan fingerprint density at radius 3 is 2.43 bits per heavy atom. The Morgan fingerprint density at radius 2 is 1.80 bits per heavy atom. The lowest BCUT2D eigenvalue weighted by Crippen LogP contribution is -2.30. The molecule has 0 radical (unpaired) electrons. The number of aromatic nitrogens is 3. The van der Waals surface area contributed by atoms with Crippen LogP contribution in [0, 0.1) is 6.92 Å². The summed E-state index contributed by atoms with van der Waals surface area (Å²) in [6.07, 6.45) is 0. The molecule has 0 spiro atoms. The molecule has 1 amide bonds. The predicted octanol–water partition coefficient (Wildman–Crippen LogP) is 4.20. The van der Waals surface area contributed by atoms with Gasteiger partial charge >= 0.3 is 0 Å². The van der Waals surface area contributed by atoms with Crippen molar-refractivity contribution in [1.29, 1.82) is 0 Å². The molecular weight excluding hydrogens is 400 g/mol. The van der Waals surface area contributed by atoms with Crippen LogP contribution in [0.1, 0.15) is 21.7 Å². The Balaban J connectivity index is 1.83. The first-order valence-electron chi connectivity index (χ1n) is 9.39. The van der Waals surface area contributed by atoms with Crippen LogP contribution in [0.4, 0.5) is 5.13 Å². The van der Waals surface area contributed by atoms with Gasteiger partial charge in [-0.25, -0.2) is 4.98 Å². The van der Waals surface area contributed by atoms with E-state index in [1.165, 1.54) is 11.3 Å². The topological polar surface area (TPSA) is 69.5 Å². The third-order valence-corrected chi connectivity index (χ3v) is 5.98. The Bertz CT molecular complexity index is 1140. The Labute approximate surface area is 178 Å². The molecule has 2 aromatic carbocycles. The maximum Gasteiger partial charge on any atom is 0.280 e. The van der Waals surface area contributed by atoms with Crippen LogP contribution in [0.25, 0.3) is 10.2 Å². The fourth-order valence-corrected chi connectivity index (χ4v) is 4.26. The van der Waals surface area contributed by atoms with Gasteiger partial charge in [-0.05, 0) is 30.7 Å². The fraction of sp³-hybridized carbons (Fsp3) is 0.227. The van der Waals surface area contributed by atoms with E-state index in [1.807, 2.05) is 56.4 Å². The third-order valence-electron chi connectivity index (χ3n) is 4.89. The molecule has 0 aliphatic heterocycles. The summed E-state index contributed by atoms with van der Waals surface area (Å²) in [4.78, 5) is 19.9. The number of aryl methyl sites for hydroxylation is 2. The quantitative estimate of drug-likeness (QED) is 0.466. The number of ether oxygens (including phenoxy) is 2. The highest BCUT2D eigenvalue weighted by Gasteiger charge is 2.25. The molecule has 0 fully saturated rings. The molecule has 0 saturated heterocycles. The number of amides is 1. The number of carbonyl (C=O) groups excluding carboxylic acids is 1. The Kier molecular flexibility index (Phi) is 5.41. The Hall–Kier alpha value is -3.39. The molecule has 2 aromatic heterocycles. The summed E-state index contributed by atoms with van der Waals surface area (Å²) in [6, 6.07) is 15.3. The van der Waals surface area contributed by atoms with Gasteiger partial charge in [-0.2, -0.15) is 5.10 Å². The van der Waals surface area contributed by atoms with Crippen LogP contribution in [0.5, 0.6) is 11.5 Å². The second-order valence-electron chi connectivity index (χ2n) is 6.82. The lowest BCUT2D eigenvalue weighted by Gasteiger charge is -2.19. The molecule has 7 nitrogen and oxygen atoms in total. The zero-order valence-electron chi connectivity index (χ0n) is 17.2. The van der Waals surface area contributed by atoms with Crippen LogP contribution in [-0.2, 0) is 13.6 Å². The van der Waals surface area contributed by atoms with Crippen LogP contribution >= 0.6 is 11.3 Å². The van der Waals surface area contributed by atoms with E-state index in [4.69, 9.17) is 14.5 Å². The van der Waals surface area contributed by atoms with Gasteiger partial charge in [0.25, 0.3) is 5.91 Å². The van der Waals surface area contributed by atoms with Crippen molar-refractivity contribution in [3.8, 4) is 11.5 Å².